The fourth-order valence-corrected chi connectivity index (χ4v) is 1.02. The van der Waals surface area contributed by atoms with Gasteiger partial charge in [0.2, 0.25) is 0 Å². The Kier molecular flexibility index (Phi) is 6.64. The third-order valence-electron chi connectivity index (χ3n) is 1.76. The molecule has 2 atom stereocenters. The van der Waals surface area contributed by atoms with Crippen LogP contribution in [0, 0.1) is 0 Å². The topological polar surface area (TPSA) is 79.5 Å². The summed E-state index contributed by atoms with van der Waals surface area (Å²) < 4.78 is 5.34. The Labute approximate surface area is 89.7 Å². The molecule has 0 heterocycles. The summed E-state index contributed by atoms with van der Waals surface area (Å²) in [6, 6.07) is -0.531. The van der Waals surface area contributed by atoms with Crippen LogP contribution in [0.1, 0.15) is 13.8 Å². The van der Waals surface area contributed by atoms with E-state index in [0.717, 1.165) is 0 Å². The van der Waals surface area contributed by atoms with Crippen molar-refractivity contribution in [2.45, 2.75) is 26.1 Å². The number of hydrogen-bond donors (Lipinski definition) is 3. The zero-order valence-electron chi connectivity index (χ0n) is 9.59. The van der Waals surface area contributed by atoms with Gasteiger partial charge in [-0.05, 0) is 20.9 Å². The summed E-state index contributed by atoms with van der Waals surface area (Å²) in [5.74, 6) is -0.447. The molecule has 0 aliphatic carbocycles. The minimum Gasteiger partial charge on any atom is -0.364 e. The van der Waals surface area contributed by atoms with Crippen LogP contribution in [0.25, 0.3) is 0 Å². The Morgan fingerprint density at radius 3 is 2.33 bits per heavy atom. The van der Waals surface area contributed by atoms with Crippen molar-refractivity contribution >= 4 is 11.9 Å². The van der Waals surface area contributed by atoms with E-state index >= 15 is 0 Å². The zero-order valence-corrected chi connectivity index (χ0v) is 9.59. The van der Waals surface area contributed by atoms with E-state index in [0.29, 0.717) is 6.54 Å². The summed E-state index contributed by atoms with van der Waals surface area (Å²) in [5.41, 5.74) is 0. The predicted octanol–water partition coefficient (Wildman–Crippen LogP) is -0.545. The molecular weight excluding hydrogens is 198 g/mol. The first-order valence-corrected chi connectivity index (χ1v) is 4.83. The quantitative estimate of drug-likeness (QED) is 0.577. The number of hydrogen-bond acceptors (Lipinski definition) is 4. The van der Waals surface area contributed by atoms with Gasteiger partial charge in [0.25, 0.3) is 5.91 Å². The number of likely N-dealkylation sites (N-methyl/N-ethyl adjacent to an activating group) is 1. The molecule has 2 unspecified atom stereocenters. The normalized spacial score (nSPS) is 14.1. The van der Waals surface area contributed by atoms with E-state index in [1.165, 1.54) is 7.05 Å². The number of rotatable bonds is 5. The highest BCUT2D eigenvalue weighted by molar-refractivity contribution is 5.96. The molecule has 3 amide bonds. The molecular formula is C9H19N3O3. The van der Waals surface area contributed by atoms with Gasteiger partial charge in [0.05, 0.1) is 6.10 Å². The lowest BCUT2D eigenvalue weighted by molar-refractivity contribution is -0.133. The van der Waals surface area contributed by atoms with Crippen LogP contribution < -0.4 is 16.0 Å². The molecule has 0 radical (unpaired) electrons. The fraction of sp³-hybridized carbons (Fsp3) is 0.778. The van der Waals surface area contributed by atoms with Crippen LogP contribution >= 0.6 is 0 Å². The molecule has 6 nitrogen and oxygen atoms in total. The first-order chi connectivity index (χ1) is 7.01. The highest BCUT2D eigenvalue weighted by Gasteiger charge is 2.17. The van der Waals surface area contributed by atoms with Gasteiger partial charge in [-0.25, -0.2) is 4.79 Å². The summed E-state index contributed by atoms with van der Waals surface area (Å²) in [7, 11) is 3.24. The van der Waals surface area contributed by atoms with E-state index in [9.17, 15) is 9.59 Å². The van der Waals surface area contributed by atoms with Gasteiger partial charge in [0.15, 0.2) is 0 Å². The standard InChI is InChI=1S/C9H19N3O3/c1-6(5-10-3)15-7(2)8(13)12-9(14)11-4/h6-7,10H,5H2,1-4H3,(H2,11,12,13,14). The Morgan fingerprint density at radius 1 is 1.27 bits per heavy atom. The van der Waals surface area contributed by atoms with Gasteiger partial charge in [0.1, 0.15) is 6.10 Å². The van der Waals surface area contributed by atoms with Crippen LogP contribution in [0.3, 0.4) is 0 Å². The van der Waals surface area contributed by atoms with Gasteiger partial charge in [-0.15, -0.1) is 0 Å². The Balaban J connectivity index is 3.93. The maximum Gasteiger partial charge on any atom is 0.321 e. The smallest absolute Gasteiger partial charge is 0.321 e. The van der Waals surface area contributed by atoms with Crippen molar-refractivity contribution in [1.29, 1.82) is 0 Å². The second kappa shape index (κ2) is 7.19. The minimum absolute atomic E-state index is 0.0829. The molecule has 0 saturated heterocycles. The number of imide groups is 1. The molecule has 0 spiro atoms. The first kappa shape index (κ1) is 13.9. The average molecular weight is 217 g/mol. The number of carbonyl (C=O) groups is 2. The summed E-state index contributed by atoms with van der Waals surface area (Å²) in [6.45, 7) is 4.10. The molecule has 0 aliphatic rings. The molecule has 0 aromatic heterocycles. The molecule has 0 bridgehead atoms. The maximum atomic E-state index is 11.3. The molecule has 0 saturated carbocycles. The molecule has 6 heteroatoms. The van der Waals surface area contributed by atoms with Gasteiger partial charge in [-0.2, -0.15) is 0 Å². The number of nitrogens with one attached hydrogen (secondary N) is 3. The van der Waals surface area contributed by atoms with Crippen LogP contribution in [0.15, 0.2) is 0 Å². The van der Waals surface area contributed by atoms with Gasteiger partial charge in [-0.1, -0.05) is 0 Å². The second-order valence-corrected chi connectivity index (χ2v) is 3.21. The van der Waals surface area contributed by atoms with E-state index in [1.54, 1.807) is 14.0 Å². The van der Waals surface area contributed by atoms with Gasteiger partial charge in [-0.3, -0.25) is 10.1 Å². The van der Waals surface area contributed by atoms with Crippen LogP contribution in [0.4, 0.5) is 4.79 Å². The minimum atomic E-state index is -0.648. The van der Waals surface area contributed by atoms with E-state index < -0.39 is 18.0 Å². The molecule has 0 fully saturated rings. The molecule has 3 N–H and O–H groups in total. The highest BCUT2D eigenvalue weighted by Crippen LogP contribution is 1.97. The summed E-state index contributed by atoms with van der Waals surface area (Å²) in [6.07, 6.45) is -0.730. The van der Waals surface area contributed by atoms with E-state index in [-0.39, 0.29) is 6.10 Å². The number of urea groups is 1. The molecule has 15 heavy (non-hydrogen) atoms. The predicted molar refractivity (Wildman–Crippen MR) is 56.5 cm³/mol. The van der Waals surface area contributed by atoms with Crippen molar-refractivity contribution in [2.75, 3.05) is 20.6 Å². The summed E-state index contributed by atoms with van der Waals surface area (Å²) in [5, 5.41) is 7.36. The van der Waals surface area contributed by atoms with E-state index in [1.807, 2.05) is 6.92 Å². The van der Waals surface area contributed by atoms with Crippen molar-refractivity contribution in [3.8, 4) is 0 Å². The Hall–Kier alpha value is -1.14. The SMILES string of the molecule is CNCC(C)OC(C)C(=O)NC(=O)NC. The number of carbonyl (C=O) groups excluding carboxylic acids is 2. The first-order valence-electron chi connectivity index (χ1n) is 4.83. The molecule has 0 rings (SSSR count). The van der Waals surface area contributed by atoms with Crippen molar-refractivity contribution in [3.63, 3.8) is 0 Å². The second-order valence-electron chi connectivity index (χ2n) is 3.21. The van der Waals surface area contributed by atoms with Crippen molar-refractivity contribution in [3.05, 3.63) is 0 Å². The van der Waals surface area contributed by atoms with Crippen LogP contribution in [0.5, 0.6) is 0 Å². The largest absolute Gasteiger partial charge is 0.364 e. The number of ether oxygens (including phenoxy) is 1. The van der Waals surface area contributed by atoms with Crippen LogP contribution in [-0.2, 0) is 9.53 Å². The zero-order chi connectivity index (χ0) is 11.8. The van der Waals surface area contributed by atoms with Crippen molar-refractivity contribution in [1.82, 2.24) is 16.0 Å². The lowest BCUT2D eigenvalue weighted by Gasteiger charge is -2.17. The van der Waals surface area contributed by atoms with Crippen LogP contribution in [0.2, 0.25) is 0 Å². The number of amides is 3. The van der Waals surface area contributed by atoms with Crippen molar-refractivity contribution < 1.29 is 14.3 Å². The monoisotopic (exact) mass is 217 g/mol. The average Bonchev–Trinajstić information content (AvgIpc) is 2.17. The molecule has 0 aromatic carbocycles. The van der Waals surface area contributed by atoms with Crippen LogP contribution in [-0.4, -0.2) is 44.8 Å². The Morgan fingerprint density at radius 2 is 1.87 bits per heavy atom. The third kappa shape index (κ3) is 6.03. The van der Waals surface area contributed by atoms with Gasteiger partial charge >= 0.3 is 6.03 Å². The summed E-state index contributed by atoms with van der Waals surface area (Å²) >= 11 is 0. The lowest BCUT2D eigenvalue weighted by Crippen LogP contribution is -2.44. The van der Waals surface area contributed by atoms with Gasteiger partial charge in [0, 0.05) is 13.6 Å². The van der Waals surface area contributed by atoms with E-state index in [4.69, 9.17) is 4.74 Å². The fourth-order valence-electron chi connectivity index (χ4n) is 1.02. The maximum absolute atomic E-state index is 11.3. The highest BCUT2D eigenvalue weighted by atomic mass is 16.5. The lowest BCUT2D eigenvalue weighted by atomic mass is 10.3. The van der Waals surface area contributed by atoms with Gasteiger partial charge < -0.3 is 15.4 Å². The van der Waals surface area contributed by atoms with E-state index in [2.05, 4.69) is 16.0 Å². The Bertz CT molecular complexity index is 221. The third-order valence-corrected chi connectivity index (χ3v) is 1.76. The molecule has 0 aliphatic heterocycles. The molecule has 0 aromatic rings. The van der Waals surface area contributed by atoms with Crippen molar-refractivity contribution in [2.24, 2.45) is 0 Å². The molecule has 88 valence electrons. The summed E-state index contributed by atoms with van der Waals surface area (Å²) in [4.78, 5) is 22.2.